The summed E-state index contributed by atoms with van der Waals surface area (Å²) in [7, 11) is 0. The van der Waals surface area contributed by atoms with Crippen LogP contribution in [0.5, 0.6) is 0 Å². The minimum atomic E-state index is -0.607. The Balaban J connectivity index is 3.33. The Kier molecular flexibility index (Phi) is 5.49. The smallest absolute Gasteiger partial charge is 0.308 e. The molecule has 104 valence electrons. The maximum absolute atomic E-state index is 11.0. The van der Waals surface area contributed by atoms with E-state index in [9.17, 15) is 9.59 Å². The lowest BCUT2D eigenvalue weighted by atomic mass is 9.88. The highest BCUT2D eigenvalue weighted by atomic mass is 16.5. The molecule has 0 unspecified atom stereocenters. The number of hydrogen-bond donors (Lipinski definition) is 0. The molecule has 0 saturated heterocycles. The van der Waals surface area contributed by atoms with Crippen LogP contribution in [0.4, 0.5) is 0 Å². The Bertz CT molecular complexity index is 521. The third-order valence-corrected chi connectivity index (χ3v) is 2.71. The number of esters is 2. The van der Waals surface area contributed by atoms with Crippen LogP contribution in [-0.2, 0) is 19.1 Å². The van der Waals surface area contributed by atoms with Gasteiger partial charge >= 0.3 is 11.9 Å². The van der Waals surface area contributed by atoms with E-state index in [1.54, 1.807) is 0 Å². The highest BCUT2D eigenvalue weighted by Gasteiger charge is 2.23. The van der Waals surface area contributed by atoms with Crippen LogP contribution in [-0.4, -0.2) is 11.9 Å². The summed E-state index contributed by atoms with van der Waals surface area (Å²) in [5.41, 5.74) is 0.929. The molecule has 0 bridgehead atoms. The molecule has 0 aliphatic heterocycles. The predicted molar refractivity (Wildman–Crippen MR) is 67.3 cm³/mol. The second-order valence-corrected chi connectivity index (χ2v) is 4.23. The van der Waals surface area contributed by atoms with Crippen molar-refractivity contribution in [3.8, 4) is 12.1 Å². The van der Waals surface area contributed by atoms with Gasteiger partial charge < -0.3 is 9.47 Å². The lowest BCUT2D eigenvalue weighted by Crippen LogP contribution is -2.10. The van der Waals surface area contributed by atoms with Gasteiger partial charge in [0.25, 0.3) is 0 Å². The van der Waals surface area contributed by atoms with Crippen LogP contribution in [0.25, 0.3) is 0 Å². The maximum atomic E-state index is 11.0. The SMILES string of the molecule is CC(=O)O/C(C#N)=C1\CCCC\C1=C(\C#N)OC(C)=O. The highest BCUT2D eigenvalue weighted by Crippen LogP contribution is 2.34. The summed E-state index contributed by atoms with van der Waals surface area (Å²) in [6.07, 6.45) is 2.62. The number of carbonyl (C=O) groups is 2. The van der Waals surface area contributed by atoms with Gasteiger partial charge in [-0.2, -0.15) is 10.5 Å². The van der Waals surface area contributed by atoms with Gasteiger partial charge in [-0.15, -0.1) is 0 Å². The summed E-state index contributed by atoms with van der Waals surface area (Å²) in [4.78, 5) is 22.0. The number of rotatable bonds is 2. The van der Waals surface area contributed by atoms with Gasteiger partial charge in [-0.3, -0.25) is 9.59 Å². The lowest BCUT2D eigenvalue weighted by Gasteiger charge is -2.20. The van der Waals surface area contributed by atoms with Gasteiger partial charge in [0.2, 0.25) is 11.5 Å². The van der Waals surface area contributed by atoms with E-state index in [1.165, 1.54) is 13.8 Å². The molecule has 1 saturated carbocycles. The number of nitrogens with zero attached hydrogens (tertiary/aromatic N) is 2. The van der Waals surface area contributed by atoms with E-state index in [1.807, 2.05) is 12.1 Å². The van der Waals surface area contributed by atoms with Gasteiger partial charge in [0.05, 0.1) is 0 Å². The van der Waals surface area contributed by atoms with Crippen LogP contribution < -0.4 is 0 Å². The third-order valence-electron chi connectivity index (χ3n) is 2.71. The topological polar surface area (TPSA) is 100 Å². The zero-order valence-electron chi connectivity index (χ0n) is 11.4. The quantitative estimate of drug-likeness (QED) is 0.435. The lowest BCUT2D eigenvalue weighted by molar-refractivity contribution is -0.137. The molecule has 0 radical (unpaired) electrons. The number of allylic oxidation sites excluding steroid dienone is 4. The molecule has 0 aromatic rings. The first-order valence-electron chi connectivity index (χ1n) is 6.13. The zero-order valence-corrected chi connectivity index (χ0v) is 11.4. The molecule has 1 aliphatic rings. The number of hydrogen-bond acceptors (Lipinski definition) is 6. The Morgan fingerprint density at radius 1 is 0.900 bits per heavy atom. The summed E-state index contributed by atoms with van der Waals surface area (Å²) in [5, 5.41) is 18.2. The van der Waals surface area contributed by atoms with E-state index in [2.05, 4.69) is 0 Å². The van der Waals surface area contributed by atoms with Crippen molar-refractivity contribution in [1.82, 2.24) is 0 Å². The molecule has 0 amide bonds. The standard InChI is InChI=1S/C14H14N2O4/c1-9(17)19-13(7-15)11-5-3-4-6-12(11)14(8-16)20-10(2)18/h3-6H2,1-2H3/b13-11+,14-12+. The van der Waals surface area contributed by atoms with Crippen molar-refractivity contribution in [3.63, 3.8) is 0 Å². The van der Waals surface area contributed by atoms with Crippen LogP contribution >= 0.6 is 0 Å². The Labute approximate surface area is 116 Å². The van der Waals surface area contributed by atoms with Crippen molar-refractivity contribution in [2.24, 2.45) is 0 Å². The molecule has 6 heteroatoms. The second-order valence-electron chi connectivity index (χ2n) is 4.23. The molecule has 0 N–H and O–H groups in total. The van der Waals surface area contributed by atoms with E-state index in [0.29, 0.717) is 24.0 Å². The van der Waals surface area contributed by atoms with Gasteiger partial charge in [-0.1, -0.05) is 0 Å². The first-order chi connectivity index (χ1) is 9.49. The van der Waals surface area contributed by atoms with E-state index >= 15 is 0 Å². The molecular weight excluding hydrogens is 260 g/mol. The zero-order chi connectivity index (χ0) is 15.1. The van der Waals surface area contributed by atoms with Gasteiger partial charge in [0.15, 0.2) is 0 Å². The van der Waals surface area contributed by atoms with E-state index in [0.717, 1.165) is 12.8 Å². The fourth-order valence-electron chi connectivity index (χ4n) is 2.00. The van der Waals surface area contributed by atoms with Crippen LogP contribution in [0, 0.1) is 22.7 Å². The molecule has 0 spiro atoms. The summed E-state index contributed by atoms with van der Waals surface area (Å²) in [6.45, 7) is 2.39. The Hall–Kier alpha value is -2.60. The van der Waals surface area contributed by atoms with Crippen LogP contribution in [0.3, 0.4) is 0 Å². The van der Waals surface area contributed by atoms with Crippen molar-refractivity contribution in [3.05, 3.63) is 22.7 Å². The molecule has 0 heterocycles. The van der Waals surface area contributed by atoms with Crippen molar-refractivity contribution >= 4 is 11.9 Å². The first kappa shape index (κ1) is 15.5. The molecule has 0 aromatic carbocycles. The van der Waals surface area contributed by atoms with Crippen LogP contribution in [0.15, 0.2) is 22.7 Å². The second kappa shape index (κ2) is 7.10. The molecule has 20 heavy (non-hydrogen) atoms. The van der Waals surface area contributed by atoms with Crippen LogP contribution in [0.2, 0.25) is 0 Å². The van der Waals surface area contributed by atoms with Gasteiger partial charge in [0, 0.05) is 25.0 Å². The number of ether oxygens (including phenoxy) is 2. The number of nitriles is 2. The van der Waals surface area contributed by atoms with E-state index in [4.69, 9.17) is 20.0 Å². The summed E-state index contributed by atoms with van der Waals surface area (Å²) >= 11 is 0. The van der Waals surface area contributed by atoms with Gasteiger partial charge in [-0.25, -0.2) is 0 Å². The average molecular weight is 274 g/mol. The summed E-state index contributed by atoms with van der Waals surface area (Å²) in [5.74, 6) is -1.48. The molecular formula is C14H14N2O4. The van der Waals surface area contributed by atoms with Gasteiger partial charge in [0.1, 0.15) is 12.1 Å². The largest absolute Gasteiger partial charge is 0.415 e. The van der Waals surface area contributed by atoms with Crippen molar-refractivity contribution in [2.45, 2.75) is 39.5 Å². The monoisotopic (exact) mass is 274 g/mol. The Morgan fingerprint density at radius 3 is 1.50 bits per heavy atom. The molecule has 0 aromatic heterocycles. The third kappa shape index (κ3) is 3.96. The summed E-state index contributed by atoms with van der Waals surface area (Å²) < 4.78 is 9.73. The molecule has 6 nitrogen and oxygen atoms in total. The molecule has 1 aliphatic carbocycles. The van der Waals surface area contributed by atoms with E-state index in [-0.39, 0.29) is 11.5 Å². The minimum absolute atomic E-state index is 0.132. The fourth-order valence-corrected chi connectivity index (χ4v) is 2.00. The van der Waals surface area contributed by atoms with Crippen molar-refractivity contribution < 1.29 is 19.1 Å². The average Bonchev–Trinajstić information content (AvgIpc) is 2.42. The van der Waals surface area contributed by atoms with Gasteiger partial charge in [-0.05, 0) is 25.7 Å². The highest BCUT2D eigenvalue weighted by molar-refractivity contribution is 5.70. The molecule has 1 rings (SSSR count). The van der Waals surface area contributed by atoms with Crippen molar-refractivity contribution in [1.29, 1.82) is 10.5 Å². The maximum Gasteiger partial charge on any atom is 0.308 e. The fraction of sp³-hybridized carbons (Fsp3) is 0.429. The van der Waals surface area contributed by atoms with Crippen LogP contribution in [0.1, 0.15) is 39.5 Å². The van der Waals surface area contributed by atoms with Crippen molar-refractivity contribution in [2.75, 3.05) is 0 Å². The predicted octanol–water partition coefficient (Wildman–Crippen LogP) is 2.24. The summed E-state index contributed by atoms with van der Waals surface area (Å²) in [6, 6.07) is 3.64. The molecule has 0 atom stereocenters. The number of carbonyl (C=O) groups excluding carboxylic acids is 2. The normalized spacial score (nSPS) is 19.2. The molecule has 1 fully saturated rings. The minimum Gasteiger partial charge on any atom is -0.415 e. The van der Waals surface area contributed by atoms with E-state index < -0.39 is 11.9 Å². The Morgan fingerprint density at radius 2 is 1.25 bits per heavy atom. The first-order valence-corrected chi connectivity index (χ1v) is 6.13.